The maximum absolute atomic E-state index is 13.0. The van der Waals surface area contributed by atoms with Gasteiger partial charge in [-0.15, -0.1) is 0 Å². The molecular weight excluding hydrogens is 552 g/mol. The Morgan fingerprint density at radius 2 is 1.62 bits per heavy atom. The van der Waals surface area contributed by atoms with E-state index in [1.54, 1.807) is 30.3 Å². The summed E-state index contributed by atoms with van der Waals surface area (Å²) in [5.74, 6) is -0.0103. The van der Waals surface area contributed by atoms with Gasteiger partial charge in [-0.1, -0.05) is 35.3 Å². The molecule has 202 valence electrons. The van der Waals surface area contributed by atoms with E-state index in [0.29, 0.717) is 40.3 Å². The van der Waals surface area contributed by atoms with Crippen LogP contribution in [0.4, 0.5) is 18.9 Å². The number of piperazine rings is 1. The van der Waals surface area contributed by atoms with Gasteiger partial charge in [-0.2, -0.15) is 13.2 Å². The Kier molecular flexibility index (Phi) is 6.78. The number of nitrogens with one attached hydrogen (secondary N) is 2. The maximum atomic E-state index is 13.0. The average Bonchev–Trinajstić information content (AvgIpc) is 3.54. The molecule has 0 spiro atoms. The van der Waals surface area contributed by atoms with Gasteiger partial charge in [-0.05, 0) is 42.5 Å². The second-order valence-electron chi connectivity index (χ2n) is 9.30. The van der Waals surface area contributed by atoms with Gasteiger partial charge in [0.05, 0.1) is 21.7 Å². The summed E-state index contributed by atoms with van der Waals surface area (Å²) in [5.41, 5.74) is 4.10. The molecule has 0 atom stereocenters. The van der Waals surface area contributed by atoms with E-state index in [2.05, 4.69) is 30.8 Å². The van der Waals surface area contributed by atoms with Crippen LogP contribution in [0.25, 0.3) is 33.5 Å². The average molecular weight is 575 g/mol. The van der Waals surface area contributed by atoms with Gasteiger partial charge in [-0.3, -0.25) is 4.90 Å². The number of alkyl halides is 3. The Morgan fingerprint density at radius 3 is 2.36 bits per heavy atom. The third kappa shape index (κ3) is 5.24. The van der Waals surface area contributed by atoms with E-state index in [1.165, 1.54) is 0 Å². The predicted molar refractivity (Wildman–Crippen MR) is 147 cm³/mol. The van der Waals surface area contributed by atoms with Gasteiger partial charge in [0.2, 0.25) is 5.82 Å². The number of aromatic amines is 2. The number of H-pyrrole nitrogens is 2. The van der Waals surface area contributed by atoms with Gasteiger partial charge >= 0.3 is 6.18 Å². The molecular formula is C27H23Cl2F3N6O. The highest BCUT2D eigenvalue weighted by atomic mass is 35.5. The molecule has 1 aliphatic rings. The van der Waals surface area contributed by atoms with E-state index in [1.807, 2.05) is 18.2 Å². The lowest BCUT2D eigenvalue weighted by molar-refractivity contribution is -0.144. The summed E-state index contributed by atoms with van der Waals surface area (Å²) in [5, 5.41) is 1.10. The van der Waals surface area contributed by atoms with Crippen molar-refractivity contribution >= 4 is 51.0 Å². The third-order valence-corrected chi connectivity index (χ3v) is 7.35. The summed E-state index contributed by atoms with van der Waals surface area (Å²) >= 11 is 12.5. The highest BCUT2D eigenvalue weighted by Crippen LogP contribution is 2.34. The number of nitrogens with zero attached hydrogens (tertiary/aromatic N) is 4. The lowest BCUT2D eigenvalue weighted by Gasteiger charge is -2.36. The van der Waals surface area contributed by atoms with Crippen LogP contribution in [0.3, 0.4) is 0 Å². The summed E-state index contributed by atoms with van der Waals surface area (Å²) in [6, 6.07) is 16.2. The van der Waals surface area contributed by atoms with Crippen molar-refractivity contribution in [3.63, 3.8) is 0 Å². The van der Waals surface area contributed by atoms with Gasteiger partial charge in [0.25, 0.3) is 0 Å². The molecule has 1 fully saturated rings. The SMILES string of the molecule is FC(F)(F)c1nc2c(OCCN3CCN(c4cccc5[nH]c(-c6ccc(Cl)cc6Cl)nc45)CC3)cccc2[nH]1. The molecule has 39 heavy (non-hydrogen) atoms. The normalized spacial score (nSPS) is 14.9. The standard InChI is InChI=1S/C27H23Cl2F3N6O/c28-16-7-8-17(18(29)15-16)25-33-19-3-1-5-21(23(19)35-25)38-11-9-37(10-12-38)13-14-39-22-6-2-4-20-24(22)36-26(34-20)27(30,31)32/h1-8,15H,9-14H2,(H,33,35)(H,34,36). The van der Waals surface area contributed by atoms with E-state index in [9.17, 15) is 13.2 Å². The van der Waals surface area contributed by atoms with E-state index in [-0.39, 0.29) is 5.52 Å². The van der Waals surface area contributed by atoms with Gasteiger partial charge in [0, 0.05) is 43.3 Å². The quantitative estimate of drug-likeness (QED) is 0.238. The van der Waals surface area contributed by atoms with E-state index in [4.69, 9.17) is 32.9 Å². The van der Waals surface area contributed by atoms with Crippen molar-refractivity contribution in [3.05, 3.63) is 70.5 Å². The number of ether oxygens (including phenoxy) is 1. The van der Waals surface area contributed by atoms with Crippen molar-refractivity contribution < 1.29 is 17.9 Å². The number of imidazole rings is 2. The zero-order valence-corrected chi connectivity index (χ0v) is 22.0. The van der Waals surface area contributed by atoms with Gasteiger partial charge in [0.1, 0.15) is 29.2 Å². The van der Waals surface area contributed by atoms with Crippen LogP contribution in [0.1, 0.15) is 5.82 Å². The number of hydrogen-bond donors (Lipinski definition) is 2. The molecule has 2 aromatic heterocycles. The van der Waals surface area contributed by atoms with E-state index in [0.717, 1.165) is 48.5 Å². The minimum atomic E-state index is -4.54. The van der Waals surface area contributed by atoms with Crippen LogP contribution in [0.2, 0.25) is 10.0 Å². The summed E-state index contributed by atoms with van der Waals surface area (Å²) < 4.78 is 45.0. The largest absolute Gasteiger partial charge is 0.490 e. The monoisotopic (exact) mass is 574 g/mol. The molecule has 0 bridgehead atoms. The smallest absolute Gasteiger partial charge is 0.449 e. The van der Waals surface area contributed by atoms with Crippen molar-refractivity contribution in [2.45, 2.75) is 6.18 Å². The first kappa shape index (κ1) is 25.8. The molecule has 0 amide bonds. The lowest BCUT2D eigenvalue weighted by Crippen LogP contribution is -2.47. The molecule has 2 N–H and O–H groups in total. The van der Waals surface area contributed by atoms with Crippen molar-refractivity contribution in [1.82, 2.24) is 24.8 Å². The van der Waals surface area contributed by atoms with E-state index < -0.39 is 12.0 Å². The van der Waals surface area contributed by atoms with Crippen molar-refractivity contribution in [2.24, 2.45) is 0 Å². The second-order valence-corrected chi connectivity index (χ2v) is 10.1. The molecule has 5 aromatic rings. The highest BCUT2D eigenvalue weighted by Gasteiger charge is 2.35. The number of benzene rings is 3. The molecule has 6 rings (SSSR count). The van der Waals surface area contributed by atoms with Crippen LogP contribution in [-0.2, 0) is 6.18 Å². The predicted octanol–water partition coefficient (Wildman–Crippen LogP) is 6.63. The molecule has 0 saturated carbocycles. The zero-order valence-electron chi connectivity index (χ0n) is 20.5. The second kappa shape index (κ2) is 10.3. The summed E-state index contributed by atoms with van der Waals surface area (Å²) in [7, 11) is 0. The summed E-state index contributed by atoms with van der Waals surface area (Å²) in [6.07, 6.45) is -4.54. The zero-order chi connectivity index (χ0) is 27.1. The Labute approximate surface area is 231 Å². The van der Waals surface area contributed by atoms with Crippen LogP contribution >= 0.6 is 23.2 Å². The van der Waals surface area contributed by atoms with Crippen LogP contribution in [0.5, 0.6) is 5.75 Å². The number of rotatable bonds is 6. The Bertz CT molecular complexity index is 1640. The molecule has 1 aliphatic heterocycles. The van der Waals surface area contributed by atoms with Crippen molar-refractivity contribution in [3.8, 4) is 17.1 Å². The number of fused-ring (bicyclic) bond motifs is 2. The number of aromatic nitrogens is 4. The lowest BCUT2D eigenvalue weighted by atomic mass is 10.2. The third-order valence-electron chi connectivity index (χ3n) is 6.80. The number of halogens is 5. The fraction of sp³-hybridized carbons (Fsp3) is 0.259. The van der Waals surface area contributed by atoms with Crippen LogP contribution in [-0.4, -0.2) is 64.2 Å². The van der Waals surface area contributed by atoms with Gasteiger partial charge in [-0.25, -0.2) is 9.97 Å². The number of anilines is 1. The Balaban J connectivity index is 1.09. The van der Waals surface area contributed by atoms with Crippen LogP contribution in [0, 0.1) is 0 Å². The molecule has 0 aliphatic carbocycles. The molecule has 0 radical (unpaired) electrons. The minimum Gasteiger partial charge on any atom is -0.490 e. The molecule has 3 heterocycles. The molecule has 12 heteroatoms. The first-order valence-electron chi connectivity index (χ1n) is 12.4. The van der Waals surface area contributed by atoms with Gasteiger partial charge in [0.15, 0.2) is 0 Å². The summed E-state index contributed by atoms with van der Waals surface area (Å²) in [6.45, 7) is 4.20. The molecule has 1 saturated heterocycles. The fourth-order valence-electron chi connectivity index (χ4n) is 4.83. The van der Waals surface area contributed by atoms with Crippen molar-refractivity contribution in [2.75, 3.05) is 44.2 Å². The number of para-hydroxylation sites is 2. The molecule has 0 unspecified atom stereocenters. The summed E-state index contributed by atoms with van der Waals surface area (Å²) in [4.78, 5) is 18.8. The van der Waals surface area contributed by atoms with Gasteiger partial charge < -0.3 is 19.6 Å². The van der Waals surface area contributed by atoms with Crippen LogP contribution < -0.4 is 9.64 Å². The Morgan fingerprint density at radius 1 is 0.872 bits per heavy atom. The van der Waals surface area contributed by atoms with E-state index >= 15 is 0 Å². The first-order chi connectivity index (χ1) is 18.8. The fourth-order valence-corrected chi connectivity index (χ4v) is 5.33. The van der Waals surface area contributed by atoms with Crippen LogP contribution in [0.15, 0.2) is 54.6 Å². The number of hydrogen-bond acceptors (Lipinski definition) is 5. The van der Waals surface area contributed by atoms with Crippen molar-refractivity contribution in [1.29, 1.82) is 0 Å². The minimum absolute atomic E-state index is 0.181. The highest BCUT2D eigenvalue weighted by molar-refractivity contribution is 6.36. The molecule has 7 nitrogen and oxygen atoms in total. The Hall–Kier alpha value is -3.47. The molecule has 3 aromatic carbocycles. The maximum Gasteiger partial charge on any atom is 0.449 e. The topological polar surface area (TPSA) is 73.1 Å². The first-order valence-corrected chi connectivity index (χ1v) is 13.1.